The van der Waals surface area contributed by atoms with Crippen LogP contribution in [0.3, 0.4) is 0 Å². The summed E-state index contributed by atoms with van der Waals surface area (Å²) in [5.74, 6) is -0.341. The number of alkyl carbamates (subject to hydrolysis) is 1. The summed E-state index contributed by atoms with van der Waals surface area (Å²) in [6, 6.07) is 3.75. The zero-order valence-electron chi connectivity index (χ0n) is 20.3. The molecule has 186 valence electrons. The van der Waals surface area contributed by atoms with E-state index in [2.05, 4.69) is 10.6 Å². The number of ether oxygens (including phenoxy) is 1. The second kappa shape index (κ2) is 13.3. The standard InChI is InChI=1S/C23H37N3O6S/c1-15(2)24-20(29)19(16-7-9-17(28)10-8-16)26(12-13-27)21(30)18(11-14-33-6)25-22(31)32-23(3,4)5/h7-10,15,18-19,27-28H,11-14H2,1-6H3,(H,24,29)(H,25,31). The van der Waals surface area contributed by atoms with Crippen molar-refractivity contribution in [2.24, 2.45) is 0 Å². The molecule has 0 saturated heterocycles. The van der Waals surface area contributed by atoms with E-state index < -0.39 is 35.6 Å². The van der Waals surface area contributed by atoms with Crippen molar-refractivity contribution in [1.29, 1.82) is 0 Å². The Bertz CT molecular complexity index is 779. The van der Waals surface area contributed by atoms with E-state index in [0.717, 1.165) is 0 Å². The Balaban J connectivity index is 3.35. The van der Waals surface area contributed by atoms with Crippen molar-refractivity contribution >= 4 is 29.7 Å². The molecule has 1 rings (SSSR count). The number of nitrogens with one attached hydrogen (secondary N) is 2. The fraction of sp³-hybridized carbons (Fsp3) is 0.609. The van der Waals surface area contributed by atoms with Crippen molar-refractivity contribution in [2.75, 3.05) is 25.2 Å². The maximum Gasteiger partial charge on any atom is 0.408 e. The Hall–Kier alpha value is -2.46. The average Bonchev–Trinajstić information content (AvgIpc) is 2.69. The van der Waals surface area contributed by atoms with Crippen LogP contribution in [0.2, 0.25) is 0 Å². The van der Waals surface area contributed by atoms with Crippen LogP contribution >= 0.6 is 11.8 Å². The van der Waals surface area contributed by atoms with Gasteiger partial charge in [-0.1, -0.05) is 12.1 Å². The van der Waals surface area contributed by atoms with Gasteiger partial charge in [0.15, 0.2) is 0 Å². The lowest BCUT2D eigenvalue weighted by molar-refractivity contribution is -0.143. The summed E-state index contributed by atoms with van der Waals surface area (Å²) < 4.78 is 5.31. The number of aromatic hydroxyl groups is 1. The third-order valence-corrected chi connectivity index (χ3v) is 5.07. The number of amides is 3. The van der Waals surface area contributed by atoms with Crippen LogP contribution in [0.1, 0.15) is 52.6 Å². The van der Waals surface area contributed by atoms with Gasteiger partial charge in [0.2, 0.25) is 11.8 Å². The van der Waals surface area contributed by atoms with Crippen LogP contribution in [-0.4, -0.2) is 75.9 Å². The topological polar surface area (TPSA) is 128 Å². The summed E-state index contributed by atoms with van der Waals surface area (Å²) in [4.78, 5) is 40.4. The Labute approximate surface area is 200 Å². The molecule has 33 heavy (non-hydrogen) atoms. The summed E-state index contributed by atoms with van der Waals surface area (Å²) in [5, 5.41) is 24.8. The SMILES string of the molecule is CSCCC(NC(=O)OC(C)(C)C)C(=O)N(CCO)C(C(=O)NC(C)C)c1ccc(O)cc1. The number of benzene rings is 1. The lowest BCUT2D eigenvalue weighted by atomic mass is 10.0. The molecule has 1 aromatic rings. The molecule has 9 nitrogen and oxygen atoms in total. The first-order valence-electron chi connectivity index (χ1n) is 10.9. The molecule has 0 radical (unpaired) electrons. The van der Waals surface area contributed by atoms with E-state index in [9.17, 15) is 24.6 Å². The van der Waals surface area contributed by atoms with Crippen molar-refractivity contribution in [3.8, 4) is 5.75 Å². The fourth-order valence-corrected chi connectivity index (χ4v) is 3.58. The summed E-state index contributed by atoms with van der Waals surface area (Å²) in [7, 11) is 0. The number of phenolic OH excluding ortho intramolecular Hbond substituents is 1. The van der Waals surface area contributed by atoms with Gasteiger partial charge in [0.05, 0.1) is 6.61 Å². The molecule has 0 spiro atoms. The highest BCUT2D eigenvalue weighted by molar-refractivity contribution is 7.98. The van der Waals surface area contributed by atoms with Crippen molar-refractivity contribution in [2.45, 2.75) is 64.8 Å². The number of carbonyl (C=O) groups excluding carboxylic acids is 3. The summed E-state index contributed by atoms with van der Waals surface area (Å²) >= 11 is 1.51. The van der Waals surface area contributed by atoms with Crippen molar-refractivity contribution < 1.29 is 29.3 Å². The van der Waals surface area contributed by atoms with Crippen LogP contribution in [0.15, 0.2) is 24.3 Å². The van der Waals surface area contributed by atoms with Gasteiger partial charge in [-0.2, -0.15) is 11.8 Å². The van der Waals surface area contributed by atoms with E-state index in [-0.39, 0.29) is 24.9 Å². The molecule has 0 fully saturated rings. The van der Waals surface area contributed by atoms with Crippen LogP contribution in [0.5, 0.6) is 5.75 Å². The van der Waals surface area contributed by atoms with Crippen LogP contribution < -0.4 is 10.6 Å². The van der Waals surface area contributed by atoms with E-state index in [1.807, 2.05) is 6.26 Å². The number of carbonyl (C=O) groups is 3. The lowest BCUT2D eigenvalue weighted by Crippen LogP contribution is -2.54. The van der Waals surface area contributed by atoms with E-state index in [1.54, 1.807) is 46.8 Å². The van der Waals surface area contributed by atoms with Crippen LogP contribution in [0.4, 0.5) is 4.79 Å². The maximum atomic E-state index is 13.6. The second-order valence-corrected chi connectivity index (χ2v) is 9.88. The van der Waals surface area contributed by atoms with Gasteiger partial charge < -0.3 is 30.5 Å². The van der Waals surface area contributed by atoms with E-state index >= 15 is 0 Å². The fourth-order valence-electron chi connectivity index (χ4n) is 3.11. The summed E-state index contributed by atoms with van der Waals surface area (Å²) in [6.07, 6.45) is 1.46. The van der Waals surface area contributed by atoms with Crippen molar-refractivity contribution in [3.05, 3.63) is 29.8 Å². The minimum atomic E-state index is -1.06. The summed E-state index contributed by atoms with van der Waals surface area (Å²) in [5.41, 5.74) is -0.276. The number of rotatable bonds is 11. The maximum absolute atomic E-state index is 13.6. The quantitative estimate of drug-likeness (QED) is 0.380. The molecule has 1 aromatic carbocycles. The van der Waals surface area contributed by atoms with Gasteiger partial charge in [-0.3, -0.25) is 9.59 Å². The lowest BCUT2D eigenvalue weighted by Gasteiger charge is -2.34. The van der Waals surface area contributed by atoms with Crippen LogP contribution in [-0.2, 0) is 14.3 Å². The zero-order chi connectivity index (χ0) is 25.2. The predicted octanol–water partition coefficient (Wildman–Crippen LogP) is 2.43. The monoisotopic (exact) mass is 483 g/mol. The predicted molar refractivity (Wildman–Crippen MR) is 129 cm³/mol. The van der Waals surface area contributed by atoms with Crippen molar-refractivity contribution in [1.82, 2.24) is 15.5 Å². The normalized spacial score (nSPS) is 13.2. The van der Waals surface area contributed by atoms with Crippen LogP contribution in [0, 0.1) is 0 Å². The highest BCUT2D eigenvalue weighted by Gasteiger charge is 2.36. The van der Waals surface area contributed by atoms with Gasteiger partial charge in [0, 0.05) is 12.6 Å². The van der Waals surface area contributed by atoms with Gasteiger partial charge in [0.1, 0.15) is 23.4 Å². The van der Waals surface area contributed by atoms with Crippen LogP contribution in [0.25, 0.3) is 0 Å². The minimum Gasteiger partial charge on any atom is -0.508 e. The Morgan fingerprint density at radius 2 is 1.73 bits per heavy atom. The van der Waals surface area contributed by atoms with E-state index in [1.165, 1.54) is 28.8 Å². The number of nitrogens with zero attached hydrogens (tertiary/aromatic N) is 1. The molecule has 0 saturated carbocycles. The first-order chi connectivity index (χ1) is 15.4. The second-order valence-electron chi connectivity index (χ2n) is 8.89. The van der Waals surface area contributed by atoms with E-state index in [0.29, 0.717) is 17.7 Å². The minimum absolute atomic E-state index is 0.0197. The number of thioether (sulfide) groups is 1. The van der Waals surface area contributed by atoms with Gasteiger partial charge in [0.25, 0.3) is 0 Å². The Morgan fingerprint density at radius 1 is 1.12 bits per heavy atom. The van der Waals surface area contributed by atoms with Gasteiger partial charge >= 0.3 is 6.09 Å². The number of hydrogen-bond acceptors (Lipinski definition) is 7. The van der Waals surface area contributed by atoms with Gasteiger partial charge in [-0.05, 0) is 70.7 Å². The Kier molecular flexibility index (Phi) is 11.5. The molecule has 10 heteroatoms. The molecule has 0 aliphatic carbocycles. The number of hydrogen-bond donors (Lipinski definition) is 4. The van der Waals surface area contributed by atoms with Crippen molar-refractivity contribution in [3.63, 3.8) is 0 Å². The third-order valence-electron chi connectivity index (χ3n) is 4.42. The molecular weight excluding hydrogens is 446 g/mol. The molecule has 2 atom stereocenters. The molecular formula is C23H37N3O6S. The zero-order valence-corrected chi connectivity index (χ0v) is 21.1. The first-order valence-corrected chi connectivity index (χ1v) is 12.3. The molecule has 2 unspecified atom stereocenters. The molecule has 0 aliphatic heterocycles. The number of aliphatic hydroxyl groups excluding tert-OH is 1. The average molecular weight is 484 g/mol. The number of aliphatic hydroxyl groups is 1. The van der Waals surface area contributed by atoms with E-state index in [4.69, 9.17) is 4.74 Å². The molecule has 0 heterocycles. The summed E-state index contributed by atoms with van der Waals surface area (Å²) in [6.45, 7) is 8.27. The number of phenols is 1. The third kappa shape index (κ3) is 9.91. The highest BCUT2D eigenvalue weighted by atomic mass is 32.2. The molecule has 3 amide bonds. The smallest absolute Gasteiger partial charge is 0.408 e. The molecule has 0 aromatic heterocycles. The molecule has 4 N–H and O–H groups in total. The van der Waals surface area contributed by atoms with Gasteiger partial charge in [-0.15, -0.1) is 0 Å². The van der Waals surface area contributed by atoms with Gasteiger partial charge in [-0.25, -0.2) is 4.79 Å². The molecule has 0 aliphatic rings. The highest BCUT2D eigenvalue weighted by Crippen LogP contribution is 2.25. The first kappa shape index (κ1) is 28.6. The Morgan fingerprint density at radius 3 is 2.21 bits per heavy atom. The largest absolute Gasteiger partial charge is 0.508 e. The molecule has 0 bridgehead atoms.